The topological polar surface area (TPSA) is 105 Å². The maximum Gasteiger partial charge on any atom is 0.490 e. The highest BCUT2D eigenvalue weighted by Crippen LogP contribution is 2.26. The van der Waals surface area contributed by atoms with Crippen molar-refractivity contribution in [1.82, 2.24) is 4.98 Å². The van der Waals surface area contributed by atoms with Crippen molar-refractivity contribution in [3.8, 4) is 0 Å². The predicted octanol–water partition coefficient (Wildman–Crippen LogP) is 4.37. The van der Waals surface area contributed by atoms with Crippen LogP contribution < -0.4 is 11.1 Å². The number of halogens is 4. The van der Waals surface area contributed by atoms with Crippen molar-refractivity contribution >= 4 is 40.2 Å². The van der Waals surface area contributed by atoms with Crippen LogP contribution in [-0.4, -0.2) is 34.2 Å². The van der Waals surface area contributed by atoms with Crippen molar-refractivity contribution in [2.75, 3.05) is 5.32 Å². The number of carboxylic acid groups (broad SMARTS) is 1. The highest BCUT2D eigenvalue weighted by molar-refractivity contribution is 6.31. The summed E-state index contributed by atoms with van der Waals surface area (Å²) >= 11 is 5.96. The number of fused-ring (bicyclic) bond motifs is 1. The van der Waals surface area contributed by atoms with Gasteiger partial charge in [0.2, 0.25) is 5.91 Å². The van der Waals surface area contributed by atoms with E-state index in [2.05, 4.69) is 10.3 Å². The number of hydrogen-bond donors (Lipinski definition) is 3. The zero-order valence-electron chi connectivity index (χ0n) is 15.4. The van der Waals surface area contributed by atoms with Gasteiger partial charge in [0.15, 0.2) is 0 Å². The Bertz CT molecular complexity index is 869. The van der Waals surface area contributed by atoms with Crippen LogP contribution in [0.1, 0.15) is 32.1 Å². The Hall–Kier alpha value is -2.39. The quantitative estimate of drug-likeness (QED) is 0.669. The van der Waals surface area contributed by atoms with Gasteiger partial charge in [-0.15, -0.1) is 0 Å². The van der Waals surface area contributed by atoms with Gasteiger partial charge in [0.05, 0.1) is 5.52 Å². The van der Waals surface area contributed by atoms with E-state index in [9.17, 15) is 18.0 Å². The number of nitrogens with one attached hydrogen (secondary N) is 1. The highest BCUT2D eigenvalue weighted by Gasteiger charge is 2.38. The Balaban J connectivity index is 0.000000370. The summed E-state index contributed by atoms with van der Waals surface area (Å²) in [5.74, 6) is -1.69. The molecule has 0 spiro atoms. The van der Waals surface area contributed by atoms with Gasteiger partial charge in [0, 0.05) is 22.9 Å². The van der Waals surface area contributed by atoms with Crippen molar-refractivity contribution in [2.24, 2.45) is 11.7 Å². The summed E-state index contributed by atoms with van der Waals surface area (Å²) in [7, 11) is 0. The van der Waals surface area contributed by atoms with E-state index in [1.807, 2.05) is 24.3 Å². The number of nitrogens with zero attached hydrogens (tertiary/aromatic N) is 1. The monoisotopic (exact) mass is 431 g/mol. The number of nitrogens with two attached hydrogens (primary N) is 1. The van der Waals surface area contributed by atoms with E-state index in [1.165, 1.54) is 0 Å². The molecule has 1 aromatic carbocycles. The third-order valence-corrected chi connectivity index (χ3v) is 4.76. The lowest BCUT2D eigenvalue weighted by Crippen LogP contribution is -2.28. The lowest BCUT2D eigenvalue weighted by Gasteiger charge is -2.25. The molecule has 1 aliphatic carbocycles. The van der Waals surface area contributed by atoms with E-state index >= 15 is 0 Å². The number of aliphatic carboxylic acids is 1. The zero-order chi connectivity index (χ0) is 21.6. The molecule has 1 amide bonds. The van der Waals surface area contributed by atoms with Gasteiger partial charge in [-0.1, -0.05) is 11.6 Å². The molecule has 1 fully saturated rings. The van der Waals surface area contributed by atoms with Crippen molar-refractivity contribution < 1.29 is 27.9 Å². The van der Waals surface area contributed by atoms with Gasteiger partial charge >= 0.3 is 12.1 Å². The molecule has 1 aromatic heterocycles. The van der Waals surface area contributed by atoms with Gasteiger partial charge in [-0.25, -0.2) is 9.78 Å². The molecule has 10 heteroatoms. The van der Waals surface area contributed by atoms with Crippen LogP contribution in [0.2, 0.25) is 5.02 Å². The van der Waals surface area contributed by atoms with Gasteiger partial charge in [0.25, 0.3) is 0 Å². The molecule has 3 rings (SSSR count). The molecule has 6 nitrogen and oxygen atoms in total. The van der Waals surface area contributed by atoms with Crippen LogP contribution in [0.3, 0.4) is 0 Å². The number of aromatic nitrogens is 1. The van der Waals surface area contributed by atoms with Crippen molar-refractivity contribution in [3.05, 3.63) is 35.4 Å². The van der Waals surface area contributed by atoms with E-state index in [4.69, 9.17) is 27.2 Å². The Labute approximate surface area is 170 Å². The van der Waals surface area contributed by atoms with Crippen molar-refractivity contribution in [1.29, 1.82) is 0 Å². The lowest BCUT2D eigenvalue weighted by atomic mass is 9.84. The normalized spacial score (nSPS) is 19.2. The minimum atomic E-state index is -5.08. The second kappa shape index (κ2) is 9.89. The predicted molar refractivity (Wildman–Crippen MR) is 104 cm³/mol. The SMILES string of the molecule is N[C@H]1CC[C@H](CC(=O)Nc2ccc3cc(Cl)ccc3n2)CC1.O=C(O)C(F)(F)F. The number of hydrogen-bond acceptors (Lipinski definition) is 4. The van der Waals surface area contributed by atoms with E-state index in [0.29, 0.717) is 29.2 Å². The standard InChI is InChI=1S/C17H20ClN3O.C2HF3O2/c18-13-4-7-15-12(10-13)3-8-16(20-15)21-17(22)9-11-1-5-14(19)6-2-11;3-2(4,5)1(6)7/h3-4,7-8,10-11,14H,1-2,5-6,9,19H2,(H,20,21,22);(H,6,7)/t11-,14-;. The molecular formula is C19H21ClF3N3O3. The highest BCUT2D eigenvalue weighted by atomic mass is 35.5. The molecule has 29 heavy (non-hydrogen) atoms. The summed E-state index contributed by atoms with van der Waals surface area (Å²) in [6.07, 6.45) is -0.413. The van der Waals surface area contributed by atoms with Crippen LogP contribution in [0.4, 0.5) is 19.0 Å². The minimum Gasteiger partial charge on any atom is -0.475 e. The number of carbonyl (C=O) groups is 2. The van der Waals surface area contributed by atoms with Crippen LogP contribution in [-0.2, 0) is 9.59 Å². The van der Waals surface area contributed by atoms with Crippen LogP contribution in [0.25, 0.3) is 10.9 Å². The molecule has 1 heterocycles. The first kappa shape index (κ1) is 22.9. The smallest absolute Gasteiger partial charge is 0.475 e. The Kier molecular flexibility index (Phi) is 7.80. The Morgan fingerprint density at radius 3 is 2.38 bits per heavy atom. The summed E-state index contributed by atoms with van der Waals surface area (Å²) in [4.78, 5) is 25.5. The lowest BCUT2D eigenvalue weighted by molar-refractivity contribution is -0.192. The van der Waals surface area contributed by atoms with E-state index < -0.39 is 12.1 Å². The number of benzene rings is 1. The molecule has 0 aliphatic heterocycles. The number of amides is 1. The fourth-order valence-electron chi connectivity index (χ4n) is 3.01. The van der Waals surface area contributed by atoms with Crippen LogP contribution in [0.15, 0.2) is 30.3 Å². The molecule has 0 atom stereocenters. The summed E-state index contributed by atoms with van der Waals surface area (Å²) in [6, 6.07) is 9.56. The molecule has 4 N–H and O–H groups in total. The van der Waals surface area contributed by atoms with Gasteiger partial charge in [-0.2, -0.15) is 13.2 Å². The van der Waals surface area contributed by atoms with Gasteiger partial charge < -0.3 is 16.2 Å². The number of alkyl halides is 3. The molecule has 0 saturated heterocycles. The van der Waals surface area contributed by atoms with E-state index in [0.717, 1.165) is 36.6 Å². The molecule has 2 aromatic rings. The second-order valence-corrected chi connectivity index (χ2v) is 7.31. The fraction of sp³-hybridized carbons (Fsp3) is 0.421. The van der Waals surface area contributed by atoms with Gasteiger partial charge in [0.1, 0.15) is 5.82 Å². The maximum absolute atomic E-state index is 12.1. The third kappa shape index (κ3) is 7.51. The molecular weight excluding hydrogens is 411 g/mol. The number of anilines is 1. The average molecular weight is 432 g/mol. The fourth-order valence-corrected chi connectivity index (χ4v) is 3.20. The number of carboxylic acids is 1. The maximum atomic E-state index is 12.1. The van der Waals surface area contributed by atoms with Gasteiger partial charge in [-0.3, -0.25) is 4.79 Å². The number of rotatable bonds is 3. The summed E-state index contributed by atoms with van der Waals surface area (Å²) in [6.45, 7) is 0. The first-order valence-electron chi connectivity index (χ1n) is 8.96. The molecule has 1 saturated carbocycles. The van der Waals surface area contributed by atoms with Crippen LogP contribution >= 0.6 is 11.6 Å². The second-order valence-electron chi connectivity index (χ2n) is 6.87. The largest absolute Gasteiger partial charge is 0.490 e. The number of carbonyl (C=O) groups excluding carboxylic acids is 1. The Morgan fingerprint density at radius 2 is 1.79 bits per heavy atom. The van der Waals surface area contributed by atoms with E-state index in [-0.39, 0.29) is 5.91 Å². The van der Waals surface area contributed by atoms with Crippen LogP contribution in [0.5, 0.6) is 0 Å². The summed E-state index contributed by atoms with van der Waals surface area (Å²) < 4.78 is 31.7. The summed E-state index contributed by atoms with van der Waals surface area (Å²) in [5.41, 5.74) is 6.72. The Morgan fingerprint density at radius 1 is 1.17 bits per heavy atom. The zero-order valence-corrected chi connectivity index (χ0v) is 16.1. The van der Waals surface area contributed by atoms with E-state index in [1.54, 1.807) is 6.07 Å². The average Bonchev–Trinajstić information content (AvgIpc) is 2.63. The first-order valence-corrected chi connectivity index (χ1v) is 9.34. The minimum absolute atomic E-state index is 0.0290. The molecule has 0 unspecified atom stereocenters. The molecule has 0 bridgehead atoms. The van der Waals surface area contributed by atoms with Gasteiger partial charge in [-0.05, 0) is 61.9 Å². The molecule has 1 aliphatic rings. The molecule has 158 valence electrons. The van der Waals surface area contributed by atoms with Crippen molar-refractivity contribution in [2.45, 2.75) is 44.3 Å². The summed E-state index contributed by atoms with van der Waals surface area (Å²) in [5, 5.41) is 11.7. The third-order valence-electron chi connectivity index (χ3n) is 4.53. The van der Waals surface area contributed by atoms with Crippen LogP contribution in [0, 0.1) is 5.92 Å². The molecule has 0 radical (unpaired) electrons. The van der Waals surface area contributed by atoms with Crippen molar-refractivity contribution in [3.63, 3.8) is 0 Å². The number of pyridine rings is 1. The first-order chi connectivity index (χ1) is 13.5.